The van der Waals surface area contributed by atoms with Crippen molar-refractivity contribution >= 4 is 39.2 Å². The van der Waals surface area contributed by atoms with Crippen molar-refractivity contribution in [2.45, 2.75) is 24.8 Å². The normalized spacial score (nSPS) is 13.7. The molecule has 1 heterocycles. The molecule has 1 aliphatic heterocycles. The molecule has 3 aromatic rings. The van der Waals surface area contributed by atoms with Crippen molar-refractivity contribution in [1.82, 2.24) is 4.31 Å². The molecule has 1 N–H and O–H groups in total. The first kappa shape index (κ1) is 23.9. The zero-order valence-corrected chi connectivity index (χ0v) is 20.2. The van der Waals surface area contributed by atoms with Crippen molar-refractivity contribution in [3.63, 3.8) is 0 Å². The van der Waals surface area contributed by atoms with Gasteiger partial charge in [-0.15, -0.1) is 0 Å². The number of anilines is 1. The van der Waals surface area contributed by atoms with Crippen LogP contribution in [0.3, 0.4) is 0 Å². The Hall–Kier alpha value is -3.20. The molecule has 0 radical (unpaired) electrons. The third-order valence-electron chi connectivity index (χ3n) is 5.81. The van der Waals surface area contributed by atoms with E-state index in [9.17, 15) is 18.0 Å². The van der Waals surface area contributed by atoms with Crippen molar-refractivity contribution in [2.75, 3.05) is 19.0 Å². The van der Waals surface area contributed by atoms with Gasteiger partial charge in [-0.05, 0) is 60.4 Å². The van der Waals surface area contributed by atoms with Gasteiger partial charge < -0.3 is 10.1 Å². The highest BCUT2D eigenvalue weighted by Gasteiger charge is 2.30. The van der Waals surface area contributed by atoms with Gasteiger partial charge in [0.1, 0.15) is 4.90 Å². The lowest BCUT2D eigenvalue weighted by Crippen LogP contribution is -2.36. The number of methoxy groups -OCH3 is 1. The quantitative estimate of drug-likeness (QED) is 0.525. The largest absolute Gasteiger partial charge is 0.465 e. The average Bonchev–Trinajstić information content (AvgIpc) is 2.84. The second-order valence-electron chi connectivity index (χ2n) is 7.98. The van der Waals surface area contributed by atoms with Gasteiger partial charge in [0.05, 0.1) is 17.7 Å². The van der Waals surface area contributed by atoms with Crippen molar-refractivity contribution in [2.24, 2.45) is 0 Å². The second-order valence-corrected chi connectivity index (χ2v) is 10.3. The maximum Gasteiger partial charge on any atom is 0.337 e. The van der Waals surface area contributed by atoms with Crippen LogP contribution in [0.25, 0.3) is 0 Å². The average molecular weight is 499 g/mol. The predicted molar refractivity (Wildman–Crippen MR) is 130 cm³/mol. The molecule has 0 saturated carbocycles. The smallest absolute Gasteiger partial charge is 0.337 e. The van der Waals surface area contributed by atoms with Crippen LogP contribution >= 0.6 is 11.6 Å². The monoisotopic (exact) mass is 498 g/mol. The topological polar surface area (TPSA) is 92.8 Å². The van der Waals surface area contributed by atoms with Crippen LogP contribution in [0.5, 0.6) is 0 Å². The number of hydrogen-bond donors (Lipinski definition) is 1. The zero-order chi connectivity index (χ0) is 24.5. The Kier molecular flexibility index (Phi) is 6.74. The number of benzene rings is 3. The summed E-state index contributed by atoms with van der Waals surface area (Å²) in [5, 5.41) is 2.78. The molecule has 9 heteroatoms. The van der Waals surface area contributed by atoms with Crippen LogP contribution in [0.2, 0.25) is 5.02 Å². The number of hydrogen-bond acceptors (Lipinski definition) is 5. The van der Waals surface area contributed by atoms with Crippen LogP contribution in [0.1, 0.15) is 37.4 Å². The first-order valence-corrected chi connectivity index (χ1v) is 12.4. The van der Waals surface area contributed by atoms with E-state index in [-0.39, 0.29) is 27.6 Å². The molecule has 176 valence electrons. The second kappa shape index (κ2) is 9.58. The fraction of sp³-hybridized carbons (Fsp3) is 0.200. The molecular formula is C25H23ClN2O5S. The zero-order valence-electron chi connectivity index (χ0n) is 18.7. The van der Waals surface area contributed by atoms with E-state index in [4.69, 9.17) is 16.3 Å². The molecule has 0 atom stereocenters. The Balaban J connectivity index is 1.61. The minimum absolute atomic E-state index is 0.0410. The minimum Gasteiger partial charge on any atom is -0.465 e. The molecule has 1 amide bonds. The van der Waals surface area contributed by atoms with Gasteiger partial charge >= 0.3 is 5.97 Å². The summed E-state index contributed by atoms with van der Waals surface area (Å²) in [6.45, 7) is 2.35. The van der Waals surface area contributed by atoms with Crippen LogP contribution in [-0.2, 0) is 27.7 Å². The lowest BCUT2D eigenvalue weighted by Gasteiger charge is -2.28. The van der Waals surface area contributed by atoms with E-state index in [2.05, 4.69) is 5.32 Å². The molecule has 34 heavy (non-hydrogen) atoms. The van der Waals surface area contributed by atoms with E-state index in [1.54, 1.807) is 19.1 Å². The molecule has 1 aliphatic rings. The fourth-order valence-electron chi connectivity index (χ4n) is 3.85. The summed E-state index contributed by atoms with van der Waals surface area (Å²) in [4.78, 5) is 24.7. The number of sulfonamides is 1. The summed E-state index contributed by atoms with van der Waals surface area (Å²) in [5.41, 5.74) is 3.63. The number of amides is 1. The van der Waals surface area contributed by atoms with Crippen LogP contribution in [0.4, 0.5) is 5.69 Å². The van der Waals surface area contributed by atoms with Crippen molar-refractivity contribution in [1.29, 1.82) is 0 Å². The number of fused-ring (bicyclic) bond motifs is 1. The van der Waals surface area contributed by atoms with Gasteiger partial charge in [-0.2, -0.15) is 4.31 Å². The SMILES string of the molecule is COC(=O)c1ccc(C)c(NC(=O)c2ccc(Cl)c(S(=O)(=O)N3CCc4ccccc4C3)c2)c1. The molecule has 0 fully saturated rings. The molecule has 0 aliphatic carbocycles. The molecule has 3 aromatic carbocycles. The highest BCUT2D eigenvalue weighted by Crippen LogP contribution is 2.30. The number of halogens is 1. The molecule has 4 rings (SSSR count). The first-order valence-electron chi connectivity index (χ1n) is 10.6. The van der Waals surface area contributed by atoms with E-state index in [1.165, 1.54) is 35.7 Å². The Morgan fingerprint density at radius 2 is 1.71 bits per heavy atom. The van der Waals surface area contributed by atoms with Crippen LogP contribution < -0.4 is 5.32 Å². The van der Waals surface area contributed by atoms with Gasteiger partial charge in [-0.25, -0.2) is 13.2 Å². The summed E-state index contributed by atoms with van der Waals surface area (Å²) < 4.78 is 32.9. The standard InChI is InChI=1S/C25H23ClN2O5S/c1-16-7-8-19(25(30)33-2)13-22(16)27-24(29)18-9-10-21(26)23(14-18)34(31,32)28-12-11-17-5-3-4-6-20(17)15-28/h3-10,13-14H,11-12,15H2,1-2H3,(H,27,29). The number of carbonyl (C=O) groups excluding carboxylic acids is 2. The van der Waals surface area contributed by atoms with Gasteiger partial charge in [-0.3, -0.25) is 4.79 Å². The van der Waals surface area contributed by atoms with Crippen molar-refractivity contribution in [3.8, 4) is 0 Å². The fourth-order valence-corrected chi connectivity index (χ4v) is 5.77. The number of ether oxygens (including phenoxy) is 1. The Morgan fingerprint density at radius 3 is 2.44 bits per heavy atom. The van der Waals surface area contributed by atoms with Crippen LogP contribution in [-0.4, -0.2) is 38.3 Å². The third kappa shape index (κ3) is 4.70. The molecule has 0 unspecified atom stereocenters. The highest BCUT2D eigenvalue weighted by atomic mass is 35.5. The Bertz CT molecular complexity index is 1390. The number of rotatable bonds is 5. The van der Waals surface area contributed by atoms with Gasteiger partial charge in [0.2, 0.25) is 10.0 Å². The van der Waals surface area contributed by atoms with E-state index in [0.29, 0.717) is 18.7 Å². The number of esters is 1. The van der Waals surface area contributed by atoms with Gasteiger partial charge in [-0.1, -0.05) is 41.9 Å². The van der Waals surface area contributed by atoms with E-state index in [0.717, 1.165) is 16.7 Å². The first-order chi connectivity index (χ1) is 16.2. The number of carbonyl (C=O) groups is 2. The lowest BCUT2D eigenvalue weighted by atomic mass is 10.0. The van der Waals surface area contributed by atoms with E-state index in [1.807, 2.05) is 24.3 Å². The Labute approximate surface area is 203 Å². The summed E-state index contributed by atoms with van der Waals surface area (Å²) in [7, 11) is -2.66. The maximum absolute atomic E-state index is 13.4. The molecule has 0 bridgehead atoms. The molecular weight excluding hydrogens is 476 g/mol. The number of nitrogens with zero attached hydrogens (tertiary/aromatic N) is 1. The third-order valence-corrected chi connectivity index (χ3v) is 8.14. The van der Waals surface area contributed by atoms with Gasteiger partial charge in [0.25, 0.3) is 5.91 Å². The van der Waals surface area contributed by atoms with Crippen molar-refractivity contribution < 1.29 is 22.7 Å². The van der Waals surface area contributed by atoms with Gasteiger partial charge in [0.15, 0.2) is 0 Å². The summed E-state index contributed by atoms with van der Waals surface area (Å²) in [6.07, 6.45) is 0.600. The predicted octanol–water partition coefficient (Wildman–Crippen LogP) is 4.43. The Morgan fingerprint density at radius 1 is 1.00 bits per heavy atom. The van der Waals surface area contributed by atoms with E-state index >= 15 is 0 Å². The molecule has 0 aromatic heterocycles. The lowest BCUT2D eigenvalue weighted by molar-refractivity contribution is 0.0600. The maximum atomic E-state index is 13.4. The highest BCUT2D eigenvalue weighted by molar-refractivity contribution is 7.89. The van der Waals surface area contributed by atoms with Crippen LogP contribution in [0.15, 0.2) is 65.6 Å². The summed E-state index contributed by atoms with van der Waals surface area (Å²) >= 11 is 6.27. The summed E-state index contributed by atoms with van der Waals surface area (Å²) in [6, 6.07) is 16.7. The number of aryl methyl sites for hydroxylation is 1. The van der Waals surface area contributed by atoms with E-state index < -0.39 is 21.9 Å². The molecule has 7 nitrogen and oxygen atoms in total. The van der Waals surface area contributed by atoms with Gasteiger partial charge in [0, 0.05) is 24.3 Å². The summed E-state index contributed by atoms with van der Waals surface area (Å²) in [5.74, 6) is -1.05. The number of nitrogens with one attached hydrogen (secondary N) is 1. The van der Waals surface area contributed by atoms with Crippen molar-refractivity contribution in [3.05, 3.63) is 93.5 Å². The molecule has 0 saturated heterocycles. The van der Waals surface area contributed by atoms with Crippen LogP contribution in [0, 0.1) is 6.92 Å². The minimum atomic E-state index is -3.93. The molecule has 0 spiro atoms.